The van der Waals surface area contributed by atoms with Crippen LogP contribution in [0.3, 0.4) is 0 Å². The van der Waals surface area contributed by atoms with Crippen LogP contribution >= 0.6 is 0 Å². The van der Waals surface area contributed by atoms with Crippen molar-refractivity contribution >= 4 is 44.0 Å². The van der Waals surface area contributed by atoms with E-state index in [1.54, 1.807) is 0 Å². The minimum Gasteiger partial charge on any atom is -0.0616 e. The van der Waals surface area contributed by atoms with Gasteiger partial charge in [-0.05, 0) is 77.9 Å². The molecule has 7 rings (SSSR count). The van der Waals surface area contributed by atoms with Crippen molar-refractivity contribution < 1.29 is 0 Å². The van der Waals surface area contributed by atoms with Crippen molar-refractivity contribution in [3.8, 4) is 11.1 Å². The van der Waals surface area contributed by atoms with E-state index < -0.39 is 0 Å². The van der Waals surface area contributed by atoms with Gasteiger partial charge in [0.05, 0.1) is 0 Å². The zero-order chi connectivity index (χ0) is 21.1. The van der Waals surface area contributed by atoms with Crippen LogP contribution in [-0.4, -0.2) is 0 Å². The van der Waals surface area contributed by atoms with Gasteiger partial charge in [0.1, 0.15) is 0 Å². The molecule has 0 N–H and O–H groups in total. The molecule has 0 fully saturated rings. The van der Waals surface area contributed by atoms with Crippen molar-refractivity contribution in [3.05, 3.63) is 132 Å². The molecule has 1 aliphatic carbocycles. The molecule has 1 aliphatic rings. The van der Waals surface area contributed by atoms with Crippen molar-refractivity contribution in [2.75, 3.05) is 0 Å². The molecule has 0 heteroatoms. The fourth-order valence-corrected chi connectivity index (χ4v) is 5.31. The molecule has 0 saturated carbocycles. The zero-order valence-corrected chi connectivity index (χ0v) is 17.5. The summed E-state index contributed by atoms with van der Waals surface area (Å²) in [7, 11) is 0. The lowest BCUT2D eigenvalue weighted by atomic mass is 9.87. The maximum absolute atomic E-state index is 2.38. The third kappa shape index (κ3) is 2.50. The van der Waals surface area contributed by atoms with Crippen molar-refractivity contribution in [1.82, 2.24) is 0 Å². The molecule has 0 aliphatic heterocycles. The molecule has 0 aromatic heterocycles. The van der Waals surface area contributed by atoms with Gasteiger partial charge in [-0.15, -0.1) is 0 Å². The average Bonchev–Trinajstić information content (AvgIpc) is 3.23. The van der Waals surface area contributed by atoms with E-state index >= 15 is 0 Å². The lowest BCUT2D eigenvalue weighted by Gasteiger charge is -2.16. The van der Waals surface area contributed by atoms with Gasteiger partial charge in [-0.3, -0.25) is 0 Å². The van der Waals surface area contributed by atoms with Gasteiger partial charge in [0.2, 0.25) is 0 Å². The molecular weight excluding hydrogens is 384 g/mol. The SMILES string of the molecule is C1=C(c2c(-c3ccc4ccccc4c3)ccc3ccccc23)c2cccc3cccc1c23. The van der Waals surface area contributed by atoms with Crippen LogP contribution in [0, 0.1) is 0 Å². The van der Waals surface area contributed by atoms with E-state index in [4.69, 9.17) is 0 Å². The maximum atomic E-state index is 2.38. The van der Waals surface area contributed by atoms with Gasteiger partial charge >= 0.3 is 0 Å². The van der Waals surface area contributed by atoms with Gasteiger partial charge in [-0.25, -0.2) is 0 Å². The van der Waals surface area contributed by atoms with E-state index in [2.05, 4.69) is 121 Å². The van der Waals surface area contributed by atoms with Crippen LogP contribution in [0.4, 0.5) is 0 Å². The summed E-state index contributed by atoms with van der Waals surface area (Å²) in [5.41, 5.74) is 7.82. The first kappa shape index (κ1) is 17.5. The molecule has 0 atom stereocenters. The Morgan fingerprint density at radius 2 is 1.16 bits per heavy atom. The molecule has 0 amide bonds. The van der Waals surface area contributed by atoms with Crippen LogP contribution in [-0.2, 0) is 0 Å². The van der Waals surface area contributed by atoms with E-state index in [0.717, 1.165) is 0 Å². The first-order valence-electron chi connectivity index (χ1n) is 11.1. The predicted octanol–water partition coefficient (Wildman–Crippen LogP) is 8.72. The maximum Gasteiger partial charge on any atom is -0.00204 e. The van der Waals surface area contributed by atoms with Crippen LogP contribution in [0.2, 0.25) is 0 Å². The van der Waals surface area contributed by atoms with Crippen molar-refractivity contribution in [3.63, 3.8) is 0 Å². The molecule has 6 aromatic rings. The van der Waals surface area contributed by atoms with Gasteiger partial charge < -0.3 is 0 Å². The van der Waals surface area contributed by atoms with Crippen molar-refractivity contribution in [1.29, 1.82) is 0 Å². The molecule has 0 unspecified atom stereocenters. The van der Waals surface area contributed by atoms with E-state index in [1.807, 2.05) is 0 Å². The second-order valence-corrected chi connectivity index (χ2v) is 8.58. The summed E-state index contributed by atoms with van der Waals surface area (Å²) in [6, 6.07) is 42.0. The molecule has 0 radical (unpaired) electrons. The molecule has 0 saturated heterocycles. The smallest absolute Gasteiger partial charge is 0.00204 e. The fourth-order valence-electron chi connectivity index (χ4n) is 5.31. The highest BCUT2D eigenvalue weighted by molar-refractivity contribution is 6.18. The summed E-state index contributed by atoms with van der Waals surface area (Å²) in [6.45, 7) is 0. The predicted molar refractivity (Wildman–Crippen MR) is 138 cm³/mol. The Labute approximate surface area is 187 Å². The van der Waals surface area contributed by atoms with Crippen LogP contribution in [0.1, 0.15) is 16.7 Å². The Hall–Kier alpha value is -4.16. The standard InChI is InChI=1S/C32H20/c1-2-9-24-19-25(16-15-21(24)7-1)28-18-17-22-8-3-4-13-27(22)32(28)30-20-26-12-5-10-23-11-6-14-29(30)31(23)26/h1-20H. The van der Waals surface area contributed by atoms with Crippen LogP contribution < -0.4 is 0 Å². The second kappa shape index (κ2) is 6.67. The zero-order valence-electron chi connectivity index (χ0n) is 17.5. The molecular formula is C32H20. The third-order valence-electron chi connectivity index (χ3n) is 6.79. The first-order chi connectivity index (χ1) is 15.9. The molecule has 6 aromatic carbocycles. The molecule has 0 spiro atoms. The largest absolute Gasteiger partial charge is 0.0616 e. The number of rotatable bonds is 2. The summed E-state index contributed by atoms with van der Waals surface area (Å²) in [4.78, 5) is 0. The summed E-state index contributed by atoms with van der Waals surface area (Å²) < 4.78 is 0. The van der Waals surface area contributed by atoms with E-state index in [1.165, 1.54) is 65.7 Å². The lowest BCUT2D eigenvalue weighted by Crippen LogP contribution is -1.93. The van der Waals surface area contributed by atoms with E-state index in [9.17, 15) is 0 Å². The minimum absolute atomic E-state index is 1.26. The van der Waals surface area contributed by atoms with Crippen molar-refractivity contribution in [2.24, 2.45) is 0 Å². The lowest BCUT2D eigenvalue weighted by molar-refractivity contribution is 1.61. The van der Waals surface area contributed by atoms with Gasteiger partial charge in [0.25, 0.3) is 0 Å². The number of hydrogen-bond donors (Lipinski definition) is 0. The summed E-state index contributed by atoms with van der Waals surface area (Å²) in [6.07, 6.45) is 2.38. The summed E-state index contributed by atoms with van der Waals surface area (Å²) in [5.74, 6) is 0. The topological polar surface area (TPSA) is 0 Å². The van der Waals surface area contributed by atoms with Gasteiger partial charge in [0.15, 0.2) is 0 Å². The average molecular weight is 405 g/mol. The van der Waals surface area contributed by atoms with Crippen LogP contribution in [0.25, 0.3) is 55.1 Å². The van der Waals surface area contributed by atoms with Gasteiger partial charge in [-0.1, -0.05) is 109 Å². The van der Waals surface area contributed by atoms with Crippen LogP contribution in [0.15, 0.2) is 115 Å². The number of fused-ring (bicyclic) bond motifs is 2. The van der Waals surface area contributed by atoms with E-state index in [0.29, 0.717) is 0 Å². The Balaban J connectivity index is 1.57. The quantitative estimate of drug-likeness (QED) is 0.270. The highest BCUT2D eigenvalue weighted by Crippen LogP contribution is 2.45. The van der Waals surface area contributed by atoms with Gasteiger partial charge in [-0.2, -0.15) is 0 Å². The summed E-state index contributed by atoms with van der Waals surface area (Å²) >= 11 is 0. The Bertz CT molecular complexity index is 1710. The van der Waals surface area contributed by atoms with E-state index in [-0.39, 0.29) is 0 Å². The summed E-state index contributed by atoms with van der Waals surface area (Å²) in [5, 5.41) is 7.79. The minimum atomic E-state index is 1.26. The Morgan fingerprint density at radius 1 is 0.438 bits per heavy atom. The fraction of sp³-hybridized carbons (Fsp3) is 0. The van der Waals surface area contributed by atoms with Gasteiger partial charge in [0, 0.05) is 0 Å². The molecule has 0 nitrogen and oxygen atoms in total. The first-order valence-corrected chi connectivity index (χ1v) is 11.1. The second-order valence-electron chi connectivity index (χ2n) is 8.58. The molecule has 32 heavy (non-hydrogen) atoms. The Kier molecular flexibility index (Phi) is 3.65. The monoisotopic (exact) mass is 404 g/mol. The van der Waals surface area contributed by atoms with Crippen molar-refractivity contribution in [2.45, 2.75) is 0 Å². The number of benzene rings is 6. The Morgan fingerprint density at radius 3 is 2.06 bits per heavy atom. The molecule has 148 valence electrons. The third-order valence-corrected chi connectivity index (χ3v) is 6.79. The van der Waals surface area contributed by atoms with Crippen LogP contribution in [0.5, 0.6) is 0 Å². The number of hydrogen-bond acceptors (Lipinski definition) is 0. The molecule has 0 bridgehead atoms. The highest BCUT2D eigenvalue weighted by Gasteiger charge is 2.22. The molecule has 0 heterocycles. The highest BCUT2D eigenvalue weighted by atomic mass is 14.2. The normalized spacial score (nSPS) is 12.6.